The smallest absolute Gasteiger partial charge is 0.0555 e. The van der Waals surface area contributed by atoms with Crippen molar-refractivity contribution in [1.29, 1.82) is 0 Å². The van der Waals surface area contributed by atoms with Crippen molar-refractivity contribution in [2.24, 2.45) is 0 Å². The molecule has 0 bridgehead atoms. The topological polar surface area (TPSA) is 9.72 Å². The third kappa shape index (κ3) is 7.48. The molecule has 0 saturated heterocycles. The van der Waals surface area contributed by atoms with Crippen LogP contribution in [0.3, 0.4) is 0 Å². The highest BCUT2D eigenvalue weighted by molar-refractivity contribution is 7.26. The van der Waals surface area contributed by atoms with E-state index < -0.39 is 0 Å². The Hall–Kier alpha value is -9.22. The second-order valence-electron chi connectivity index (χ2n) is 20.1. The molecule has 0 spiro atoms. The van der Waals surface area contributed by atoms with Gasteiger partial charge in [0.15, 0.2) is 0 Å². The fourth-order valence-electron chi connectivity index (χ4n) is 11.9. The number of hydrogen-bond acceptors (Lipinski definition) is 4. The summed E-state index contributed by atoms with van der Waals surface area (Å²) in [6.45, 7) is 4.73. The van der Waals surface area contributed by atoms with Gasteiger partial charge in [-0.15, -0.1) is 11.3 Å². The van der Waals surface area contributed by atoms with Crippen LogP contribution in [0.4, 0.5) is 51.2 Å². The van der Waals surface area contributed by atoms with Crippen molar-refractivity contribution in [3.05, 3.63) is 284 Å². The van der Waals surface area contributed by atoms with Gasteiger partial charge in [0, 0.05) is 70.7 Å². The summed E-state index contributed by atoms with van der Waals surface area (Å²) in [7, 11) is 0. The van der Waals surface area contributed by atoms with E-state index in [0.717, 1.165) is 67.7 Å². The molecule has 356 valence electrons. The third-order valence-corrected chi connectivity index (χ3v) is 16.5. The maximum atomic E-state index is 2.50. The molecule has 14 rings (SSSR count). The summed E-state index contributed by atoms with van der Waals surface area (Å²) in [6, 6.07) is 100. The molecule has 0 fully saturated rings. The normalized spacial score (nSPS) is 12.5. The number of benzene rings is 12. The van der Waals surface area contributed by atoms with Crippen molar-refractivity contribution >= 4 is 104 Å². The molecule has 0 radical (unpaired) electrons. The molecule has 1 aliphatic rings. The first-order valence-electron chi connectivity index (χ1n) is 25.8. The lowest BCUT2D eigenvalue weighted by Crippen LogP contribution is -2.16. The Morgan fingerprint density at radius 2 is 0.867 bits per heavy atom. The van der Waals surface area contributed by atoms with Crippen LogP contribution in [-0.2, 0) is 5.41 Å². The van der Waals surface area contributed by atoms with Crippen LogP contribution in [-0.4, -0.2) is 0 Å². The summed E-state index contributed by atoms with van der Waals surface area (Å²) in [6.07, 6.45) is 0. The van der Waals surface area contributed by atoms with Crippen LogP contribution in [0, 0.1) is 0 Å². The number of thiophene rings is 1. The van der Waals surface area contributed by atoms with Gasteiger partial charge in [-0.3, -0.25) is 0 Å². The summed E-state index contributed by atoms with van der Waals surface area (Å²) >= 11 is 1.86. The van der Waals surface area contributed by atoms with E-state index in [9.17, 15) is 0 Å². The average Bonchev–Trinajstić information content (AvgIpc) is 4.01. The Kier molecular flexibility index (Phi) is 10.7. The van der Waals surface area contributed by atoms with Gasteiger partial charge in [-0.2, -0.15) is 0 Å². The molecule has 3 nitrogen and oxygen atoms in total. The highest BCUT2D eigenvalue weighted by Crippen LogP contribution is 2.55. The van der Waals surface area contributed by atoms with Crippen LogP contribution in [0.15, 0.2) is 273 Å². The summed E-state index contributed by atoms with van der Waals surface area (Å²) < 4.78 is 2.55. The van der Waals surface area contributed by atoms with E-state index in [1.54, 1.807) is 0 Å². The van der Waals surface area contributed by atoms with Crippen molar-refractivity contribution in [3.8, 4) is 22.3 Å². The second kappa shape index (κ2) is 18.1. The zero-order valence-electron chi connectivity index (χ0n) is 41.7. The first kappa shape index (κ1) is 44.5. The molecule has 0 aliphatic heterocycles. The SMILES string of the molecule is CC1(C)c2ccccc2-c2c(N(c3ccccc3)c3cc(-c4ccc(N(c5ccc6ccccc6c5)c5cccc6sc7ccccc7c56)c5ccccc45)cc(N(c4ccccc4)c4ccccc4)c3)cccc21. The van der Waals surface area contributed by atoms with Crippen LogP contribution < -0.4 is 14.7 Å². The standard InChI is InChI=1S/C71H51N3S/c1-71(2)62-34-18-16-32-60(62)69-63(71)35-20-36-65(69)73(53-28-10-5-11-29-53)56-46-50(45-55(47-56)72(51-24-6-3-7-25-51)52-26-8-4-9-27-52)57-42-43-64(59-31-15-14-30-58(57)59)74(54-41-40-48-22-12-13-23-49(48)44-54)66-37-21-39-68-70(66)61-33-17-19-38-67(61)75-68/h3-47H,1-2H3. The number of anilines is 9. The molecule has 75 heavy (non-hydrogen) atoms. The largest absolute Gasteiger partial charge is 0.310 e. The molecule has 0 amide bonds. The van der Waals surface area contributed by atoms with Crippen LogP contribution in [0.2, 0.25) is 0 Å². The first-order chi connectivity index (χ1) is 37.0. The Labute approximate surface area is 442 Å². The number of fused-ring (bicyclic) bond motifs is 8. The lowest BCUT2D eigenvalue weighted by Gasteiger charge is -2.32. The minimum atomic E-state index is -0.168. The van der Waals surface area contributed by atoms with Crippen molar-refractivity contribution in [3.63, 3.8) is 0 Å². The molecule has 1 aromatic heterocycles. The van der Waals surface area contributed by atoms with Crippen LogP contribution in [0.1, 0.15) is 25.0 Å². The van der Waals surface area contributed by atoms with Gasteiger partial charge in [-0.05, 0) is 141 Å². The van der Waals surface area contributed by atoms with Gasteiger partial charge >= 0.3 is 0 Å². The number of rotatable bonds is 10. The molecule has 1 heterocycles. The maximum absolute atomic E-state index is 2.50. The minimum Gasteiger partial charge on any atom is -0.310 e. The minimum absolute atomic E-state index is 0.168. The molecule has 1 aliphatic carbocycles. The lowest BCUT2D eigenvalue weighted by molar-refractivity contribution is 0.660. The van der Waals surface area contributed by atoms with Crippen LogP contribution in [0.25, 0.3) is 64.0 Å². The van der Waals surface area contributed by atoms with E-state index in [1.165, 1.54) is 58.6 Å². The number of hydrogen-bond donors (Lipinski definition) is 0. The Morgan fingerprint density at radius 3 is 1.61 bits per heavy atom. The Balaban J connectivity index is 1.04. The molecule has 0 unspecified atom stereocenters. The van der Waals surface area contributed by atoms with Gasteiger partial charge in [0.05, 0.1) is 17.1 Å². The van der Waals surface area contributed by atoms with E-state index in [4.69, 9.17) is 0 Å². The zero-order chi connectivity index (χ0) is 50.0. The summed E-state index contributed by atoms with van der Waals surface area (Å²) in [5.41, 5.74) is 17.2. The zero-order valence-corrected chi connectivity index (χ0v) is 42.5. The highest BCUT2D eigenvalue weighted by atomic mass is 32.1. The second-order valence-corrected chi connectivity index (χ2v) is 21.2. The monoisotopic (exact) mass is 977 g/mol. The van der Waals surface area contributed by atoms with Gasteiger partial charge in [-0.25, -0.2) is 0 Å². The molecule has 0 N–H and O–H groups in total. The van der Waals surface area contributed by atoms with E-state index in [-0.39, 0.29) is 5.41 Å². The van der Waals surface area contributed by atoms with Gasteiger partial charge in [0.2, 0.25) is 0 Å². The Bertz CT molecular complexity index is 4250. The predicted octanol–water partition coefficient (Wildman–Crippen LogP) is 20.7. The quantitative estimate of drug-likeness (QED) is 0.135. The molecule has 13 aromatic rings. The Morgan fingerprint density at radius 1 is 0.307 bits per heavy atom. The third-order valence-electron chi connectivity index (χ3n) is 15.4. The van der Waals surface area contributed by atoms with Crippen molar-refractivity contribution in [2.45, 2.75) is 19.3 Å². The lowest BCUT2D eigenvalue weighted by atomic mass is 9.82. The van der Waals surface area contributed by atoms with Crippen molar-refractivity contribution in [2.75, 3.05) is 14.7 Å². The van der Waals surface area contributed by atoms with E-state index in [1.807, 2.05) is 11.3 Å². The molecular formula is C71H51N3S. The number of nitrogens with zero attached hydrogens (tertiary/aromatic N) is 3. The molecule has 0 saturated carbocycles. The fourth-order valence-corrected chi connectivity index (χ4v) is 13.1. The summed E-state index contributed by atoms with van der Waals surface area (Å²) in [5, 5.41) is 7.28. The van der Waals surface area contributed by atoms with Crippen LogP contribution >= 0.6 is 11.3 Å². The predicted molar refractivity (Wildman–Crippen MR) is 321 cm³/mol. The maximum Gasteiger partial charge on any atom is 0.0555 e. The number of para-hydroxylation sites is 3. The summed E-state index contributed by atoms with van der Waals surface area (Å²) in [5.74, 6) is 0. The first-order valence-corrected chi connectivity index (χ1v) is 26.6. The van der Waals surface area contributed by atoms with Crippen LogP contribution in [0.5, 0.6) is 0 Å². The van der Waals surface area contributed by atoms with Gasteiger partial charge in [-0.1, -0.05) is 190 Å². The van der Waals surface area contributed by atoms with Gasteiger partial charge < -0.3 is 14.7 Å². The molecule has 0 atom stereocenters. The molecule has 4 heteroatoms. The van der Waals surface area contributed by atoms with E-state index in [2.05, 4.69) is 302 Å². The fraction of sp³-hybridized carbons (Fsp3) is 0.0423. The van der Waals surface area contributed by atoms with Gasteiger partial charge in [0.1, 0.15) is 0 Å². The molecular weight excluding hydrogens is 927 g/mol. The summed E-state index contributed by atoms with van der Waals surface area (Å²) in [4.78, 5) is 7.39. The van der Waals surface area contributed by atoms with E-state index >= 15 is 0 Å². The van der Waals surface area contributed by atoms with Crippen molar-refractivity contribution < 1.29 is 0 Å². The van der Waals surface area contributed by atoms with E-state index in [0.29, 0.717) is 0 Å². The highest BCUT2D eigenvalue weighted by Gasteiger charge is 2.38. The molecule has 12 aromatic carbocycles. The van der Waals surface area contributed by atoms with Crippen molar-refractivity contribution in [1.82, 2.24) is 0 Å². The average molecular weight is 978 g/mol. The van der Waals surface area contributed by atoms with Gasteiger partial charge in [0.25, 0.3) is 0 Å².